The van der Waals surface area contributed by atoms with Gasteiger partial charge in [0.1, 0.15) is 5.82 Å². The lowest BCUT2D eigenvalue weighted by molar-refractivity contribution is -0.137. The highest BCUT2D eigenvalue weighted by Gasteiger charge is 2.35. The van der Waals surface area contributed by atoms with Gasteiger partial charge >= 0.3 is 6.18 Å². The molecule has 3 heterocycles. The molecular weight excluding hydrogens is 465 g/mol. The minimum Gasteiger partial charge on any atom is -0.350 e. The van der Waals surface area contributed by atoms with E-state index in [-0.39, 0.29) is 17.0 Å². The van der Waals surface area contributed by atoms with Crippen LogP contribution in [0.2, 0.25) is 5.02 Å². The van der Waals surface area contributed by atoms with Crippen molar-refractivity contribution in [2.45, 2.75) is 51.9 Å². The molecule has 184 valence electrons. The first kappa shape index (κ1) is 24.8. The summed E-state index contributed by atoms with van der Waals surface area (Å²) in [4.78, 5) is 23.5. The molecular formula is C25H30ClF3N4O. The fourth-order valence-electron chi connectivity index (χ4n) is 5.17. The van der Waals surface area contributed by atoms with Crippen LogP contribution in [-0.2, 0) is 6.18 Å². The number of anilines is 1. The molecule has 9 heteroatoms. The standard InChI is InChI=1S/C25H30ClF3N4O/c1-16-5-4-6-17(2)22(16)24(34)31-9-7-20(8-10-31)32-11-12-33(18(3)15-32)23-21(26)13-19(14-30-23)25(27,28)29/h4-6,13-14,18,20H,7-12,15H2,1-3H3/t18-/m0/s1. The molecule has 34 heavy (non-hydrogen) atoms. The number of carbonyl (C=O) groups excluding carboxylic acids is 1. The molecule has 2 saturated heterocycles. The molecule has 2 fully saturated rings. The van der Waals surface area contributed by atoms with E-state index in [1.807, 2.05) is 48.8 Å². The molecule has 1 aromatic carbocycles. The van der Waals surface area contributed by atoms with Crippen LogP contribution in [0.15, 0.2) is 30.5 Å². The van der Waals surface area contributed by atoms with Gasteiger partial charge in [-0.1, -0.05) is 29.8 Å². The number of piperazine rings is 1. The van der Waals surface area contributed by atoms with Gasteiger partial charge in [0, 0.05) is 56.6 Å². The largest absolute Gasteiger partial charge is 0.417 e. The molecule has 0 spiro atoms. The van der Waals surface area contributed by atoms with Gasteiger partial charge in [0.25, 0.3) is 5.91 Å². The Labute approximate surface area is 203 Å². The zero-order chi connectivity index (χ0) is 24.6. The lowest BCUT2D eigenvalue weighted by Gasteiger charge is -2.46. The number of piperidine rings is 1. The zero-order valence-corrected chi connectivity index (χ0v) is 20.5. The van der Waals surface area contributed by atoms with E-state index < -0.39 is 11.7 Å². The number of halogens is 4. The Bertz CT molecular complexity index is 1030. The minimum absolute atomic E-state index is 0.0217. The molecule has 5 nitrogen and oxygen atoms in total. The number of carbonyl (C=O) groups is 1. The summed E-state index contributed by atoms with van der Waals surface area (Å²) >= 11 is 6.18. The molecule has 1 amide bonds. The summed E-state index contributed by atoms with van der Waals surface area (Å²) in [5.74, 6) is 0.506. The highest BCUT2D eigenvalue weighted by Crippen LogP contribution is 2.35. The van der Waals surface area contributed by atoms with E-state index >= 15 is 0 Å². The smallest absolute Gasteiger partial charge is 0.350 e. The predicted molar refractivity (Wildman–Crippen MR) is 127 cm³/mol. The summed E-state index contributed by atoms with van der Waals surface area (Å²) in [5, 5.41) is 0.0217. The summed E-state index contributed by atoms with van der Waals surface area (Å²) in [6.07, 6.45) is -1.80. The van der Waals surface area contributed by atoms with Crippen molar-refractivity contribution in [3.63, 3.8) is 0 Å². The predicted octanol–water partition coefficient (Wildman–Crippen LogP) is 5.19. The van der Waals surface area contributed by atoms with Gasteiger partial charge in [-0.15, -0.1) is 0 Å². The van der Waals surface area contributed by atoms with Crippen LogP contribution in [0.4, 0.5) is 19.0 Å². The van der Waals surface area contributed by atoms with Gasteiger partial charge < -0.3 is 9.80 Å². The second-order valence-corrected chi connectivity index (χ2v) is 9.76. The summed E-state index contributed by atoms with van der Waals surface area (Å²) < 4.78 is 38.8. The second kappa shape index (κ2) is 9.74. The fraction of sp³-hybridized carbons (Fsp3) is 0.520. The number of aromatic nitrogens is 1. The molecule has 1 aromatic heterocycles. The second-order valence-electron chi connectivity index (χ2n) is 9.35. The fourth-order valence-corrected chi connectivity index (χ4v) is 5.45. The van der Waals surface area contributed by atoms with Gasteiger partial charge in [-0.3, -0.25) is 9.69 Å². The molecule has 0 N–H and O–H groups in total. The van der Waals surface area contributed by atoms with Crippen molar-refractivity contribution in [2.75, 3.05) is 37.6 Å². The first-order valence-corrected chi connectivity index (χ1v) is 12.0. The van der Waals surface area contributed by atoms with E-state index in [2.05, 4.69) is 9.88 Å². The molecule has 4 rings (SSSR count). The molecule has 0 radical (unpaired) electrons. The van der Waals surface area contributed by atoms with Gasteiger partial charge in [-0.25, -0.2) is 4.98 Å². The van der Waals surface area contributed by atoms with Crippen LogP contribution in [0, 0.1) is 13.8 Å². The van der Waals surface area contributed by atoms with Crippen LogP contribution in [0.3, 0.4) is 0 Å². The topological polar surface area (TPSA) is 39.7 Å². The maximum Gasteiger partial charge on any atom is 0.417 e. The summed E-state index contributed by atoms with van der Waals surface area (Å²) in [6.45, 7) is 9.63. The third-order valence-electron chi connectivity index (χ3n) is 7.04. The van der Waals surface area contributed by atoms with Crippen LogP contribution in [0.25, 0.3) is 0 Å². The maximum atomic E-state index is 13.1. The van der Waals surface area contributed by atoms with Crippen molar-refractivity contribution in [2.24, 2.45) is 0 Å². The number of nitrogens with zero attached hydrogens (tertiary/aromatic N) is 4. The monoisotopic (exact) mass is 494 g/mol. The number of hydrogen-bond acceptors (Lipinski definition) is 4. The van der Waals surface area contributed by atoms with Crippen LogP contribution < -0.4 is 4.90 Å². The Morgan fingerprint density at radius 3 is 2.29 bits per heavy atom. The lowest BCUT2D eigenvalue weighted by Crippen LogP contribution is -2.57. The quantitative estimate of drug-likeness (QED) is 0.589. The highest BCUT2D eigenvalue weighted by atomic mass is 35.5. The number of hydrogen-bond donors (Lipinski definition) is 0. The third-order valence-corrected chi connectivity index (χ3v) is 7.32. The molecule has 1 atom stereocenters. The van der Waals surface area contributed by atoms with E-state index in [1.165, 1.54) is 0 Å². The van der Waals surface area contributed by atoms with E-state index in [1.54, 1.807) is 0 Å². The summed E-state index contributed by atoms with van der Waals surface area (Å²) in [5.41, 5.74) is 1.99. The Hall–Kier alpha value is -2.32. The molecule has 0 saturated carbocycles. The Morgan fingerprint density at radius 2 is 1.74 bits per heavy atom. The molecule has 0 bridgehead atoms. The van der Waals surface area contributed by atoms with Crippen molar-refractivity contribution in [3.05, 3.63) is 57.7 Å². The Morgan fingerprint density at radius 1 is 1.09 bits per heavy atom. The average Bonchev–Trinajstić information content (AvgIpc) is 2.78. The molecule has 2 aromatic rings. The van der Waals surface area contributed by atoms with Gasteiger partial charge in [0.05, 0.1) is 10.6 Å². The number of alkyl halides is 3. The number of pyridine rings is 1. The normalized spacial score (nSPS) is 20.6. The molecule has 2 aliphatic rings. The van der Waals surface area contributed by atoms with E-state index in [9.17, 15) is 18.0 Å². The molecule has 0 aliphatic carbocycles. The van der Waals surface area contributed by atoms with E-state index in [0.717, 1.165) is 68.0 Å². The Balaban J connectivity index is 1.36. The molecule has 2 aliphatic heterocycles. The minimum atomic E-state index is -4.46. The van der Waals surface area contributed by atoms with Gasteiger partial charge in [-0.05, 0) is 50.8 Å². The van der Waals surface area contributed by atoms with Gasteiger partial charge in [-0.2, -0.15) is 13.2 Å². The lowest BCUT2D eigenvalue weighted by atomic mass is 9.97. The summed E-state index contributed by atoms with van der Waals surface area (Å²) in [7, 11) is 0. The molecule has 0 unspecified atom stereocenters. The van der Waals surface area contributed by atoms with E-state index in [4.69, 9.17) is 11.6 Å². The van der Waals surface area contributed by atoms with Crippen LogP contribution in [0.5, 0.6) is 0 Å². The third kappa shape index (κ3) is 5.03. The van der Waals surface area contributed by atoms with Crippen molar-refractivity contribution in [3.8, 4) is 0 Å². The van der Waals surface area contributed by atoms with Crippen LogP contribution in [0.1, 0.15) is 46.8 Å². The van der Waals surface area contributed by atoms with Crippen molar-refractivity contribution < 1.29 is 18.0 Å². The summed E-state index contributed by atoms with van der Waals surface area (Å²) in [6, 6.07) is 7.32. The van der Waals surface area contributed by atoms with Crippen LogP contribution >= 0.6 is 11.6 Å². The highest BCUT2D eigenvalue weighted by molar-refractivity contribution is 6.33. The van der Waals surface area contributed by atoms with Crippen molar-refractivity contribution in [1.29, 1.82) is 0 Å². The zero-order valence-electron chi connectivity index (χ0n) is 19.7. The maximum absolute atomic E-state index is 13.1. The number of aryl methyl sites for hydroxylation is 2. The van der Waals surface area contributed by atoms with Crippen molar-refractivity contribution >= 4 is 23.3 Å². The average molecular weight is 495 g/mol. The number of amides is 1. The van der Waals surface area contributed by atoms with Gasteiger partial charge in [0.15, 0.2) is 0 Å². The van der Waals surface area contributed by atoms with Crippen molar-refractivity contribution in [1.82, 2.24) is 14.8 Å². The first-order chi connectivity index (χ1) is 16.1. The SMILES string of the molecule is Cc1cccc(C)c1C(=O)N1CCC(N2CCN(c3ncc(C(F)(F)F)cc3Cl)[C@@H](C)C2)CC1. The number of likely N-dealkylation sites (tertiary alicyclic amines) is 1. The van der Waals surface area contributed by atoms with Crippen LogP contribution in [-0.4, -0.2) is 65.5 Å². The van der Waals surface area contributed by atoms with E-state index in [0.29, 0.717) is 18.4 Å². The number of rotatable bonds is 3. The first-order valence-electron chi connectivity index (χ1n) is 11.6. The van der Waals surface area contributed by atoms with Gasteiger partial charge in [0.2, 0.25) is 0 Å². The Kier molecular flexibility index (Phi) is 7.10. The number of benzene rings is 1.